The summed E-state index contributed by atoms with van der Waals surface area (Å²) in [5.41, 5.74) is 1.90. The minimum atomic E-state index is -0.578. The fourth-order valence-corrected chi connectivity index (χ4v) is 2.32. The SMILES string of the molecule is CCOC(=O)C(c1ccccc1C)c1nnc(NC)n1C. The van der Waals surface area contributed by atoms with E-state index in [1.54, 1.807) is 18.5 Å². The van der Waals surface area contributed by atoms with Gasteiger partial charge in [-0.1, -0.05) is 24.3 Å². The number of ether oxygens (including phenoxy) is 1. The maximum absolute atomic E-state index is 12.4. The third kappa shape index (κ3) is 2.89. The standard InChI is InChI=1S/C15H20N4O2/c1-5-21-14(20)12(11-9-7-6-8-10(11)2)13-17-18-15(16-3)19(13)4/h6-9,12H,5H2,1-4H3,(H,16,18). The Morgan fingerprint density at radius 2 is 2.10 bits per heavy atom. The van der Waals surface area contributed by atoms with E-state index < -0.39 is 5.92 Å². The number of nitrogens with one attached hydrogen (secondary N) is 1. The van der Waals surface area contributed by atoms with Crippen LogP contribution in [0, 0.1) is 6.92 Å². The second-order valence-corrected chi connectivity index (χ2v) is 4.73. The van der Waals surface area contributed by atoms with Gasteiger partial charge in [-0.25, -0.2) is 0 Å². The molecule has 1 atom stereocenters. The van der Waals surface area contributed by atoms with Gasteiger partial charge in [-0.2, -0.15) is 0 Å². The van der Waals surface area contributed by atoms with Crippen molar-refractivity contribution in [3.63, 3.8) is 0 Å². The molecule has 1 N–H and O–H groups in total. The van der Waals surface area contributed by atoms with Gasteiger partial charge in [0.1, 0.15) is 5.92 Å². The van der Waals surface area contributed by atoms with Crippen LogP contribution in [0.4, 0.5) is 5.95 Å². The lowest BCUT2D eigenvalue weighted by Gasteiger charge is -2.17. The Balaban J connectivity index is 2.53. The van der Waals surface area contributed by atoms with Crippen LogP contribution in [0.5, 0.6) is 0 Å². The number of aryl methyl sites for hydroxylation is 1. The van der Waals surface area contributed by atoms with Crippen molar-refractivity contribution in [2.24, 2.45) is 7.05 Å². The van der Waals surface area contributed by atoms with Crippen molar-refractivity contribution in [3.05, 3.63) is 41.2 Å². The monoisotopic (exact) mass is 288 g/mol. The molecule has 6 nitrogen and oxygen atoms in total. The number of esters is 1. The van der Waals surface area contributed by atoms with Crippen molar-refractivity contribution in [3.8, 4) is 0 Å². The summed E-state index contributed by atoms with van der Waals surface area (Å²) in [6, 6.07) is 7.74. The lowest BCUT2D eigenvalue weighted by Crippen LogP contribution is -2.21. The number of nitrogens with zero attached hydrogens (tertiary/aromatic N) is 3. The third-order valence-electron chi connectivity index (χ3n) is 3.41. The van der Waals surface area contributed by atoms with Gasteiger partial charge < -0.3 is 10.1 Å². The highest BCUT2D eigenvalue weighted by Crippen LogP contribution is 2.28. The van der Waals surface area contributed by atoms with Crippen LogP contribution in [0.25, 0.3) is 0 Å². The molecule has 1 heterocycles. The first kappa shape index (κ1) is 15.0. The van der Waals surface area contributed by atoms with Gasteiger partial charge in [-0.15, -0.1) is 10.2 Å². The Kier molecular flexibility index (Phi) is 4.57. The van der Waals surface area contributed by atoms with E-state index in [1.165, 1.54) is 0 Å². The van der Waals surface area contributed by atoms with E-state index in [1.807, 2.05) is 38.2 Å². The Labute approximate surface area is 124 Å². The van der Waals surface area contributed by atoms with Crippen LogP contribution in [0.3, 0.4) is 0 Å². The van der Waals surface area contributed by atoms with Crippen LogP contribution >= 0.6 is 0 Å². The van der Waals surface area contributed by atoms with Crippen LogP contribution in [0.2, 0.25) is 0 Å². The average Bonchev–Trinajstić information content (AvgIpc) is 2.83. The molecular formula is C15H20N4O2. The van der Waals surface area contributed by atoms with Crippen molar-refractivity contribution < 1.29 is 9.53 Å². The molecule has 0 bridgehead atoms. The van der Waals surface area contributed by atoms with Gasteiger partial charge in [-0.3, -0.25) is 9.36 Å². The normalized spacial score (nSPS) is 12.0. The highest BCUT2D eigenvalue weighted by molar-refractivity contribution is 5.81. The molecule has 112 valence electrons. The second kappa shape index (κ2) is 6.39. The number of carbonyl (C=O) groups excluding carboxylic acids is 1. The van der Waals surface area contributed by atoms with E-state index in [0.29, 0.717) is 18.4 Å². The minimum absolute atomic E-state index is 0.315. The first-order valence-electron chi connectivity index (χ1n) is 6.89. The molecule has 2 rings (SSSR count). The largest absolute Gasteiger partial charge is 0.465 e. The quantitative estimate of drug-likeness (QED) is 0.850. The van der Waals surface area contributed by atoms with Crippen molar-refractivity contribution in [2.45, 2.75) is 19.8 Å². The van der Waals surface area contributed by atoms with Gasteiger partial charge in [0, 0.05) is 14.1 Å². The molecule has 0 aliphatic heterocycles. The van der Waals surface area contributed by atoms with Gasteiger partial charge in [-0.05, 0) is 25.0 Å². The molecule has 1 aromatic carbocycles. The van der Waals surface area contributed by atoms with Crippen molar-refractivity contribution in [2.75, 3.05) is 19.0 Å². The van der Waals surface area contributed by atoms with E-state index in [0.717, 1.165) is 11.1 Å². The molecule has 0 aliphatic carbocycles. The van der Waals surface area contributed by atoms with Crippen molar-refractivity contribution >= 4 is 11.9 Å². The van der Waals surface area contributed by atoms with Crippen molar-refractivity contribution in [1.82, 2.24) is 14.8 Å². The third-order valence-corrected chi connectivity index (χ3v) is 3.41. The van der Waals surface area contributed by atoms with Gasteiger partial charge in [0.05, 0.1) is 6.61 Å². The van der Waals surface area contributed by atoms with Crippen LogP contribution in [0.1, 0.15) is 29.8 Å². The lowest BCUT2D eigenvalue weighted by atomic mass is 9.94. The number of hydrogen-bond acceptors (Lipinski definition) is 5. The first-order valence-corrected chi connectivity index (χ1v) is 6.89. The maximum Gasteiger partial charge on any atom is 0.321 e. The van der Waals surface area contributed by atoms with Gasteiger partial charge in [0.2, 0.25) is 5.95 Å². The number of aromatic nitrogens is 3. The van der Waals surface area contributed by atoms with Gasteiger partial charge in [0.15, 0.2) is 5.82 Å². The predicted octanol–water partition coefficient (Wildman–Crippen LogP) is 1.86. The molecule has 0 saturated heterocycles. The van der Waals surface area contributed by atoms with E-state index in [9.17, 15) is 4.79 Å². The maximum atomic E-state index is 12.4. The molecule has 0 radical (unpaired) electrons. The minimum Gasteiger partial charge on any atom is -0.465 e. The van der Waals surface area contributed by atoms with Crippen LogP contribution in [0.15, 0.2) is 24.3 Å². The Hall–Kier alpha value is -2.37. The lowest BCUT2D eigenvalue weighted by molar-refractivity contribution is -0.144. The molecule has 0 amide bonds. The van der Waals surface area contributed by atoms with E-state index >= 15 is 0 Å². The van der Waals surface area contributed by atoms with E-state index in [4.69, 9.17) is 4.74 Å². The number of hydrogen-bond donors (Lipinski definition) is 1. The molecule has 1 unspecified atom stereocenters. The van der Waals surface area contributed by atoms with Crippen LogP contribution in [-0.2, 0) is 16.6 Å². The summed E-state index contributed by atoms with van der Waals surface area (Å²) in [5.74, 6) is 0.274. The number of rotatable bonds is 5. The second-order valence-electron chi connectivity index (χ2n) is 4.73. The zero-order valence-electron chi connectivity index (χ0n) is 12.8. The highest BCUT2D eigenvalue weighted by Gasteiger charge is 2.30. The smallest absolute Gasteiger partial charge is 0.321 e. The fraction of sp³-hybridized carbons (Fsp3) is 0.400. The van der Waals surface area contributed by atoms with Crippen LogP contribution < -0.4 is 5.32 Å². The summed E-state index contributed by atoms with van der Waals surface area (Å²) in [5, 5.41) is 11.1. The van der Waals surface area contributed by atoms with Crippen molar-refractivity contribution in [1.29, 1.82) is 0 Å². The molecule has 0 spiro atoms. The molecule has 0 fully saturated rings. The highest BCUT2D eigenvalue weighted by atomic mass is 16.5. The Morgan fingerprint density at radius 3 is 2.67 bits per heavy atom. The van der Waals surface area contributed by atoms with E-state index in [-0.39, 0.29) is 5.97 Å². The number of anilines is 1. The van der Waals surface area contributed by atoms with Crippen LogP contribution in [-0.4, -0.2) is 34.4 Å². The van der Waals surface area contributed by atoms with E-state index in [2.05, 4.69) is 15.5 Å². The summed E-state index contributed by atoms with van der Waals surface area (Å²) in [7, 11) is 3.59. The summed E-state index contributed by atoms with van der Waals surface area (Å²) in [6.45, 7) is 4.09. The predicted molar refractivity (Wildman–Crippen MR) is 80.2 cm³/mol. The topological polar surface area (TPSA) is 69.0 Å². The molecule has 0 aliphatic rings. The van der Waals surface area contributed by atoms with Gasteiger partial charge in [0.25, 0.3) is 0 Å². The number of benzene rings is 1. The number of carbonyl (C=O) groups is 1. The molecule has 0 saturated carbocycles. The Bertz CT molecular complexity index is 636. The summed E-state index contributed by atoms with van der Waals surface area (Å²) >= 11 is 0. The summed E-state index contributed by atoms with van der Waals surface area (Å²) < 4.78 is 7.00. The molecule has 1 aromatic heterocycles. The molecule has 21 heavy (non-hydrogen) atoms. The first-order chi connectivity index (χ1) is 10.1. The molecule has 2 aromatic rings. The fourth-order valence-electron chi connectivity index (χ4n) is 2.32. The average molecular weight is 288 g/mol. The zero-order valence-corrected chi connectivity index (χ0v) is 12.8. The molecular weight excluding hydrogens is 268 g/mol. The Morgan fingerprint density at radius 1 is 1.38 bits per heavy atom. The zero-order chi connectivity index (χ0) is 15.4. The summed E-state index contributed by atoms with van der Waals surface area (Å²) in [4.78, 5) is 12.4. The van der Waals surface area contributed by atoms with Gasteiger partial charge >= 0.3 is 5.97 Å². The summed E-state index contributed by atoms with van der Waals surface area (Å²) in [6.07, 6.45) is 0. The molecule has 6 heteroatoms.